The summed E-state index contributed by atoms with van der Waals surface area (Å²) in [4.78, 5) is 0. The van der Waals surface area contributed by atoms with E-state index in [0.717, 1.165) is 22.7 Å². The van der Waals surface area contributed by atoms with Gasteiger partial charge in [-0.2, -0.15) is 0 Å². The van der Waals surface area contributed by atoms with Crippen molar-refractivity contribution in [2.45, 2.75) is 10.3 Å². The lowest BCUT2D eigenvalue weighted by Gasteiger charge is -2.12. The normalized spacial score (nSPS) is 13.1. The van der Waals surface area contributed by atoms with Crippen LogP contribution in [0.4, 0.5) is 0 Å². The minimum absolute atomic E-state index is 0.0830. The molecule has 0 saturated heterocycles. The quantitative estimate of drug-likeness (QED) is 0.717. The summed E-state index contributed by atoms with van der Waals surface area (Å²) in [6.45, 7) is -0.0830. The molecule has 0 spiro atoms. The highest BCUT2D eigenvalue weighted by Gasteiger charge is 2.17. The van der Waals surface area contributed by atoms with Crippen LogP contribution >= 0.6 is 11.3 Å². The van der Waals surface area contributed by atoms with Gasteiger partial charge in [0.15, 0.2) is 0 Å². The van der Waals surface area contributed by atoms with Gasteiger partial charge in [0.05, 0.1) is 12.4 Å². The van der Waals surface area contributed by atoms with Crippen LogP contribution in [0.1, 0.15) is 11.7 Å². The van der Waals surface area contributed by atoms with Crippen LogP contribution in [-0.4, -0.2) is 20.1 Å². The topological polar surface area (TPSA) is 79.5 Å². The number of thiophene rings is 1. The van der Waals surface area contributed by atoms with Gasteiger partial charge in [0.1, 0.15) is 9.97 Å². The maximum atomic E-state index is 12.0. The average Bonchev–Trinajstić information content (AvgIpc) is 3.26. The standard InChI is InChI=1S/C16H15NO4S2/c18-14(11-17-23(19,20)16-4-2-10-22-16)12-5-7-13(8-6-12)15-3-1-9-21-15/h1-10,14,17-18H,11H2/t14-/m0/s1. The van der Waals surface area contributed by atoms with Gasteiger partial charge < -0.3 is 9.52 Å². The molecule has 2 heterocycles. The third kappa shape index (κ3) is 3.70. The fourth-order valence-corrected chi connectivity index (χ4v) is 4.18. The summed E-state index contributed by atoms with van der Waals surface area (Å²) in [6, 6.07) is 14.0. The van der Waals surface area contributed by atoms with Gasteiger partial charge in [0.25, 0.3) is 0 Å². The summed E-state index contributed by atoms with van der Waals surface area (Å²) in [7, 11) is -3.57. The smallest absolute Gasteiger partial charge is 0.250 e. The maximum absolute atomic E-state index is 12.0. The zero-order valence-corrected chi connectivity index (χ0v) is 13.7. The Morgan fingerprint density at radius 2 is 1.91 bits per heavy atom. The van der Waals surface area contributed by atoms with Gasteiger partial charge in [-0.1, -0.05) is 30.3 Å². The molecule has 23 heavy (non-hydrogen) atoms. The molecule has 5 nitrogen and oxygen atoms in total. The van der Waals surface area contributed by atoms with Gasteiger partial charge in [0, 0.05) is 12.1 Å². The SMILES string of the molecule is O=S(=O)(NC[C@H](O)c1ccc(-c2ccco2)cc1)c1cccs1. The average molecular weight is 349 g/mol. The van der Waals surface area contributed by atoms with Crippen molar-refractivity contribution in [1.82, 2.24) is 4.72 Å². The highest BCUT2D eigenvalue weighted by Crippen LogP contribution is 2.22. The van der Waals surface area contributed by atoms with E-state index in [4.69, 9.17) is 4.42 Å². The van der Waals surface area contributed by atoms with Crippen molar-refractivity contribution in [2.75, 3.05) is 6.54 Å². The third-order valence-corrected chi connectivity index (χ3v) is 6.15. The Balaban J connectivity index is 1.66. The Labute approximate surface area is 138 Å². The van der Waals surface area contributed by atoms with Gasteiger partial charge in [-0.3, -0.25) is 0 Å². The Bertz CT molecular complexity index is 838. The lowest BCUT2D eigenvalue weighted by molar-refractivity contribution is 0.182. The Morgan fingerprint density at radius 1 is 1.13 bits per heavy atom. The predicted octanol–water partition coefficient (Wildman–Crippen LogP) is 3.02. The fourth-order valence-electron chi connectivity index (χ4n) is 2.11. The summed E-state index contributed by atoms with van der Waals surface area (Å²) in [6.07, 6.45) is 0.674. The molecule has 0 radical (unpaired) electrons. The van der Waals surface area contributed by atoms with E-state index >= 15 is 0 Å². The molecule has 2 N–H and O–H groups in total. The monoisotopic (exact) mass is 349 g/mol. The molecule has 0 bridgehead atoms. The first-order valence-electron chi connectivity index (χ1n) is 6.91. The van der Waals surface area contributed by atoms with E-state index in [2.05, 4.69) is 4.72 Å². The number of hydrogen-bond acceptors (Lipinski definition) is 5. The summed E-state index contributed by atoms with van der Waals surface area (Å²) in [5, 5.41) is 11.8. The minimum Gasteiger partial charge on any atom is -0.464 e. The number of furan rings is 1. The molecule has 2 aromatic heterocycles. The van der Waals surface area contributed by atoms with Crippen LogP contribution in [0.2, 0.25) is 0 Å². The molecule has 0 saturated carbocycles. The van der Waals surface area contributed by atoms with E-state index in [1.165, 1.54) is 6.07 Å². The van der Waals surface area contributed by atoms with Crippen LogP contribution in [0.15, 0.2) is 68.8 Å². The van der Waals surface area contributed by atoms with E-state index in [-0.39, 0.29) is 10.8 Å². The predicted molar refractivity (Wildman–Crippen MR) is 88.6 cm³/mol. The Morgan fingerprint density at radius 3 is 2.52 bits per heavy atom. The molecule has 0 aliphatic rings. The van der Waals surface area contributed by atoms with Crippen LogP contribution in [0.5, 0.6) is 0 Å². The van der Waals surface area contributed by atoms with E-state index < -0.39 is 16.1 Å². The van der Waals surface area contributed by atoms with E-state index in [1.54, 1.807) is 35.9 Å². The summed E-state index contributed by atoms with van der Waals surface area (Å²) < 4.78 is 32.0. The number of rotatable bonds is 6. The Hall–Kier alpha value is -1.93. The molecule has 1 aromatic carbocycles. The number of nitrogens with one attached hydrogen (secondary N) is 1. The van der Waals surface area contributed by atoms with E-state index in [9.17, 15) is 13.5 Å². The van der Waals surface area contributed by atoms with E-state index in [1.807, 2.05) is 18.2 Å². The molecule has 0 aliphatic carbocycles. The second kappa shape index (κ2) is 6.67. The fraction of sp³-hybridized carbons (Fsp3) is 0.125. The summed E-state index contributed by atoms with van der Waals surface area (Å²) >= 11 is 1.14. The molecule has 0 unspecified atom stereocenters. The van der Waals surface area contributed by atoms with Gasteiger partial charge in [-0.25, -0.2) is 13.1 Å². The number of benzene rings is 1. The molecule has 7 heteroatoms. The third-order valence-electron chi connectivity index (χ3n) is 3.33. The van der Waals surface area contributed by atoms with Crippen LogP contribution in [0, 0.1) is 0 Å². The molecule has 0 fully saturated rings. The maximum Gasteiger partial charge on any atom is 0.250 e. The number of aliphatic hydroxyl groups excluding tert-OH is 1. The molecule has 120 valence electrons. The molecule has 0 aliphatic heterocycles. The van der Waals surface area contributed by atoms with Crippen LogP contribution in [0.3, 0.4) is 0 Å². The van der Waals surface area contributed by atoms with Crippen molar-refractivity contribution in [3.8, 4) is 11.3 Å². The Kier molecular flexibility index (Phi) is 4.63. The first kappa shape index (κ1) is 15.9. The minimum atomic E-state index is -3.57. The number of sulfonamides is 1. The van der Waals surface area contributed by atoms with Crippen molar-refractivity contribution >= 4 is 21.4 Å². The first-order chi connectivity index (χ1) is 11.1. The molecular formula is C16H15NO4S2. The van der Waals surface area contributed by atoms with Crippen molar-refractivity contribution in [3.63, 3.8) is 0 Å². The largest absolute Gasteiger partial charge is 0.464 e. The first-order valence-corrected chi connectivity index (χ1v) is 9.27. The molecule has 3 aromatic rings. The molecule has 3 rings (SSSR count). The number of aliphatic hydroxyl groups is 1. The highest BCUT2D eigenvalue weighted by atomic mass is 32.2. The van der Waals surface area contributed by atoms with Crippen molar-refractivity contribution in [2.24, 2.45) is 0 Å². The van der Waals surface area contributed by atoms with Crippen molar-refractivity contribution in [1.29, 1.82) is 0 Å². The molecule has 0 amide bonds. The molecule has 1 atom stereocenters. The lowest BCUT2D eigenvalue weighted by atomic mass is 10.1. The van der Waals surface area contributed by atoms with Crippen LogP contribution < -0.4 is 4.72 Å². The van der Waals surface area contributed by atoms with E-state index in [0.29, 0.717) is 5.56 Å². The van der Waals surface area contributed by atoms with Crippen molar-refractivity contribution in [3.05, 3.63) is 65.7 Å². The zero-order valence-electron chi connectivity index (χ0n) is 12.0. The second-order valence-electron chi connectivity index (χ2n) is 4.90. The van der Waals surface area contributed by atoms with Gasteiger partial charge in [0.2, 0.25) is 10.0 Å². The second-order valence-corrected chi connectivity index (χ2v) is 7.84. The highest BCUT2D eigenvalue weighted by molar-refractivity contribution is 7.91. The van der Waals surface area contributed by atoms with Gasteiger partial charge >= 0.3 is 0 Å². The number of hydrogen-bond donors (Lipinski definition) is 2. The summed E-state index contributed by atoms with van der Waals surface area (Å²) in [5.74, 6) is 0.740. The molecular weight excluding hydrogens is 334 g/mol. The van der Waals surface area contributed by atoms with Gasteiger partial charge in [-0.15, -0.1) is 11.3 Å². The zero-order chi connectivity index (χ0) is 16.3. The van der Waals surface area contributed by atoms with Crippen LogP contribution in [-0.2, 0) is 10.0 Å². The van der Waals surface area contributed by atoms with Crippen LogP contribution in [0.25, 0.3) is 11.3 Å². The summed E-state index contributed by atoms with van der Waals surface area (Å²) in [5.41, 5.74) is 1.53. The lowest BCUT2D eigenvalue weighted by Crippen LogP contribution is -2.27. The van der Waals surface area contributed by atoms with Gasteiger partial charge in [-0.05, 0) is 29.1 Å². The van der Waals surface area contributed by atoms with Crippen molar-refractivity contribution < 1.29 is 17.9 Å².